The zero-order valence-corrected chi connectivity index (χ0v) is 17.2. The van der Waals surface area contributed by atoms with Gasteiger partial charge in [0.1, 0.15) is 0 Å². The van der Waals surface area contributed by atoms with Gasteiger partial charge < -0.3 is 20.3 Å². The Labute approximate surface area is 162 Å². The van der Waals surface area contributed by atoms with Gasteiger partial charge in [0, 0.05) is 32.2 Å². The molecule has 1 saturated heterocycles. The van der Waals surface area contributed by atoms with Crippen molar-refractivity contribution in [3.05, 3.63) is 0 Å². The summed E-state index contributed by atoms with van der Waals surface area (Å²) in [4.78, 5) is 26.4. The summed E-state index contributed by atoms with van der Waals surface area (Å²) >= 11 is 1.41. The molecule has 150 valence electrons. The standard InChI is InChI=1S/C19H35N3O3S/c1-22(16-6-4-3-5-7-16)18(24)13-26-12-17(23)21-14-19(15-25-2)8-10-20-11-9-19/h16,20H,3-15H2,1-2H3,(H,21,23). The summed E-state index contributed by atoms with van der Waals surface area (Å²) in [5.74, 6) is 0.875. The summed E-state index contributed by atoms with van der Waals surface area (Å²) in [6.45, 7) is 3.26. The van der Waals surface area contributed by atoms with E-state index in [4.69, 9.17) is 4.74 Å². The van der Waals surface area contributed by atoms with Crippen LogP contribution in [0, 0.1) is 5.41 Å². The highest BCUT2D eigenvalue weighted by atomic mass is 32.2. The molecule has 2 amide bonds. The van der Waals surface area contributed by atoms with Crippen molar-refractivity contribution in [3.63, 3.8) is 0 Å². The molecular weight excluding hydrogens is 350 g/mol. The molecule has 0 unspecified atom stereocenters. The minimum Gasteiger partial charge on any atom is -0.384 e. The average Bonchev–Trinajstić information content (AvgIpc) is 2.67. The molecule has 6 nitrogen and oxygen atoms in total. The van der Waals surface area contributed by atoms with Crippen molar-refractivity contribution in [2.24, 2.45) is 5.41 Å². The number of hydrogen-bond donors (Lipinski definition) is 2. The first-order chi connectivity index (χ1) is 12.6. The summed E-state index contributed by atoms with van der Waals surface area (Å²) < 4.78 is 5.38. The predicted molar refractivity (Wildman–Crippen MR) is 106 cm³/mol. The number of amides is 2. The number of ether oxygens (including phenoxy) is 1. The van der Waals surface area contributed by atoms with Gasteiger partial charge in [-0.05, 0) is 38.8 Å². The predicted octanol–water partition coefficient (Wildman–Crippen LogP) is 1.64. The van der Waals surface area contributed by atoms with Crippen LogP contribution in [0.15, 0.2) is 0 Å². The summed E-state index contributed by atoms with van der Waals surface area (Å²) in [5.41, 5.74) is 0.0390. The van der Waals surface area contributed by atoms with Gasteiger partial charge in [-0.25, -0.2) is 0 Å². The molecule has 2 aliphatic rings. The van der Waals surface area contributed by atoms with E-state index in [1.54, 1.807) is 7.11 Å². The van der Waals surface area contributed by atoms with E-state index in [2.05, 4.69) is 10.6 Å². The topological polar surface area (TPSA) is 70.7 Å². The van der Waals surface area contributed by atoms with Gasteiger partial charge in [-0.3, -0.25) is 9.59 Å². The van der Waals surface area contributed by atoms with Crippen molar-refractivity contribution in [1.82, 2.24) is 15.5 Å². The van der Waals surface area contributed by atoms with E-state index in [1.165, 1.54) is 31.0 Å². The number of carbonyl (C=O) groups is 2. The number of rotatable bonds is 9. The van der Waals surface area contributed by atoms with Crippen LogP contribution >= 0.6 is 11.8 Å². The van der Waals surface area contributed by atoms with Gasteiger partial charge in [0.15, 0.2) is 0 Å². The second kappa shape index (κ2) is 11.1. The quantitative estimate of drug-likeness (QED) is 0.631. The Morgan fingerprint density at radius 2 is 1.88 bits per heavy atom. The zero-order valence-electron chi connectivity index (χ0n) is 16.3. The number of nitrogens with zero attached hydrogens (tertiary/aromatic N) is 1. The molecule has 1 saturated carbocycles. The molecule has 7 heteroatoms. The average molecular weight is 386 g/mol. The molecule has 1 heterocycles. The largest absolute Gasteiger partial charge is 0.384 e. The van der Waals surface area contributed by atoms with E-state index in [9.17, 15) is 9.59 Å². The lowest BCUT2D eigenvalue weighted by atomic mass is 9.79. The van der Waals surface area contributed by atoms with Crippen LogP contribution in [-0.2, 0) is 14.3 Å². The van der Waals surface area contributed by atoms with Crippen molar-refractivity contribution in [1.29, 1.82) is 0 Å². The van der Waals surface area contributed by atoms with Crippen LogP contribution in [0.1, 0.15) is 44.9 Å². The van der Waals surface area contributed by atoms with Gasteiger partial charge in [0.2, 0.25) is 11.8 Å². The number of methoxy groups -OCH3 is 1. The highest BCUT2D eigenvalue weighted by Crippen LogP contribution is 2.28. The van der Waals surface area contributed by atoms with Crippen LogP contribution in [-0.4, -0.2) is 74.7 Å². The van der Waals surface area contributed by atoms with E-state index < -0.39 is 0 Å². The molecule has 0 bridgehead atoms. The van der Waals surface area contributed by atoms with Crippen LogP contribution in [0.2, 0.25) is 0 Å². The maximum atomic E-state index is 12.3. The molecule has 0 atom stereocenters. The van der Waals surface area contributed by atoms with Gasteiger partial charge in [-0.2, -0.15) is 0 Å². The summed E-state index contributed by atoms with van der Waals surface area (Å²) in [5, 5.41) is 6.41. The lowest BCUT2D eigenvalue weighted by molar-refractivity contribution is -0.129. The molecule has 0 aromatic rings. The minimum absolute atomic E-state index is 0.0112. The lowest BCUT2D eigenvalue weighted by Gasteiger charge is -2.37. The zero-order chi connectivity index (χ0) is 18.8. The van der Waals surface area contributed by atoms with Crippen LogP contribution < -0.4 is 10.6 Å². The molecule has 2 rings (SSSR count). The number of carbonyl (C=O) groups excluding carboxylic acids is 2. The molecule has 0 spiro atoms. The number of thioether (sulfide) groups is 1. The highest BCUT2D eigenvalue weighted by Gasteiger charge is 2.32. The fourth-order valence-electron chi connectivity index (χ4n) is 3.98. The first-order valence-electron chi connectivity index (χ1n) is 9.86. The van der Waals surface area contributed by atoms with Gasteiger partial charge in [-0.15, -0.1) is 11.8 Å². The highest BCUT2D eigenvalue weighted by molar-refractivity contribution is 8.00. The van der Waals surface area contributed by atoms with Gasteiger partial charge >= 0.3 is 0 Å². The third-order valence-corrected chi connectivity index (χ3v) is 6.67. The molecule has 0 aromatic heterocycles. The molecule has 1 aliphatic heterocycles. The van der Waals surface area contributed by atoms with E-state index in [0.717, 1.165) is 38.8 Å². The molecule has 2 N–H and O–H groups in total. The van der Waals surface area contributed by atoms with Crippen molar-refractivity contribution in [2.45, 2.75) is 51.0 Å². The van der Waals surface area contributed by atoms with E-state index >= 15 is 0 Å². The minimum atomic E-state index is 0.0112. The van der Waals surface area contributed by atoms with Crippen LogP contribution in [0.5, 0.6) is 0 Å². The van der Waals surface area contributed by atoms with Gasteiger partial charge in [-0.1, -0.05) is 19.3 Å². The fraction of sp³-hybridized carbons (Fsp3) is 0.895. The Hall–Kier alpha value is -0.790. The number of nitrogens with one attached hydrogen (secondary N) is 2. The smallest absolute Gasteiger partial charge is 0.232 e. The third-order valence-electron chi connectivity index (χ3n) is 5.75. The van der Waals surface area contributed by atoms with Crippen LogP contribution in [0.25, 0.3) is 0 Å². The fourth-order valence-corrected chi connectivity index (χ4v) is 4.75. The molecule has 2 fully saturated rings. The number of piperidine rings is 1. The molecular formula is C19H35N3O3S. The van der Waals surface area contributed by atoms with Gasteiger partial charge in [0.05, 0.1) is 18.1 Å². The second-order valence-corrected chi connectivity index (χ2v) is 8.73. The van der Waals surface area contributed by atoms with E-state index in [-0.39, 0.29) is 17.2 Å². The lowest BCUT2D eigenvalue weighted by Crippen LogP contribution is -2.47. The third kappa shape index (κ3) is 6.74. The summed E-state index contributed by atoms with van der Waals surface area (Å²) in [6.07, 6.45) is 7.98. The summed E-state index contributed by atoms with van der Waals surface area (Å²) in [7, 11) is 3.63. The Morgan fingerprint density at radius 1 is 1.19 bits per heavy atom. The SMILES string of the molecule is COCC1(CNC(=O)CSCC(=O)N(C)C2CCCCC2)CCNCC1. The Bertz CT molecular complexity index is 444. The maximum absolute atomic E-state index is 12.3. The monoisotopic (exact) mass is 385 g/mol. The van der Waals surface area contributed by atoms with Crippen molar-refractivity contribution >= 4 is 23.6 Å². The molecule has 1 aliphatic carbocycles. The Kier molecular flexibility index (Phi) is 9.22. The maximum Gasteiger partial charge on any atom is 0.232 e. The van der Waals surface area contributed by atoms with Crippen molar-refractivity contribution < 1.29 is 14.3 Å². The van der Waals surface area contributed by atoms with Crippen LogP contribution in [0.4, 0.5) is 0 Å². The molecule has 26 heavy (non-hydrogen) atoms. The first-order valence-corrected chi connectivity index (χ1v) is 11.0. The van der Waals surface area contributed by atoms with Gasteiger partial charge in [0.25, 0.3) is 0 Å². The molecule has 0 radical (unpaired) electrons. The Balaban J connectivity index is 1.65. The molecule has 0 aromatic carbocycles. The Morgan fingerprint density at radius 3 is 2.54 bits per heavy atom. The van der Waals surface area contributed by atoms with Crippen molar-refractivity contribution in [2.75, 3.05) is 51.9 Å². The van der Waals surface area contributed by atoms with Crippen LogP contribution in [0.3, 0.4) is 0 Å². The first kappa shape index (κ1) is 21.5. The number of hydrogen-bond acceptors (Lipinski definition) is 5. The van der Waals surface area contributed by atoms with E-state index in [1.807, 2.05) is 11.9 Å². The summed E-state index contributed by atoms with van der Waals surface area (Å²) in [6, 6.07) is 0.388. The normalized spacial score (nSPS) is 20.5. The second-order valence-electron chi connectivity index (χ2n) is 7.75. The van der Waals surface area contributed by atoms with E-state index in [0.29, 0.717) is 30.7 Å². The van der Waals surface area contributed by atoms with Crippen molar-refractivity contribution in [3.8, 4) is 0 Å².